The highest BCUT2D eigenvalue weighted by atomic mass is 16.5. The Kier molecular flexibility index (Phi) is 6.53. The van der Waals surface area contributed by atoms with Gasteiger partial charge in [-0.15, -0.1) is 0 Å². The van der Waals surface area contributed by atoms with Gasteiger partial charge in [0.15, 0.2) is 18.1 Å². The lowest BCUT2D eigenvalue weighted by Crippen LogP contribution is -2.51. The number of carbonyl (C=O) groups excluding carboxylic acids is 2. The molecule has 6 nitrogen and oxygen atoms in total. The number of carbonyl (C=O) groups is 2. The largest absolute Gasteiger partial charge is 0.490 e. The van der Waals surface area contributed by atoms with Crippen LogP contribution in [-0.4, -0.2) is 61.0 Å². The van der Waals surface area contributed by atoms with E-state index in [1.807, 2.05) is 56.3 Å². The van der Waals surface area contributed by atoms with Gasteiger partial charge >= 0.3 is 0 Å². The number of hydrogen-bond acceptors (Lipinski definition) is 4. The van der Waals surface area contributed by atoms with E-state index in [-0.39, 0.29) is 18.4 Å². The van der Waals surface area contributed by atoms with Crippen molar-refractivity contribution in [1.82, 2.24) is 9.80 Å². The lowest BCUT2D eigenvalue weighted by Gasteiger charge is -2.34. The summed E-state index contributed by atoms with van der Waals surface area (Å²) in [7, 11) is 0. The lowest BCUT2D eigenvalue weighted by atomic mass is 10.1. The normalized spacial score (nSPS) is 13.9. The molecule has 28 heavy (non-hydrogen) atoms. The Morgan fingerprint density at radius 3 is 2.04 bits per heavy atom. The number of piperazine rings is 1. The van der Waals surface area contributed by atoms with Crippen LogP contribution < -0.4 is 9.47 Å². The maximum atomic E-state index is 12.6. The molecule has 0 N–H and O–H groups in total. The molecule has 2 amide bonds. The molecule has 1 aliphatic heterocycles. The zero-order chi connectivity index (χ0) is 19.9. The molecular weight excluding hydrogens is 356 g/mol. The summed E-state index contributed by atoms with van der Waals surface area (Å²) < 4.78 is 11.2. The van der Waals surface area contributed by atoms with Gasteiger partial charge in [0.25, 0.3) is 11.8 Å². The van der Waals surface area contributed by atoms with Crippen molar-refractivity contribution in [3.63, 3.8) is 0 Å². The van der Waals surface area contributed by atoms with Crippen molar-refractivity contribution in [3.05, 3.63) is 59.7 Å². The van der Waals surface area contributed by atoms with Crippen LogP contribution in [0.15, 0.2) is 48.5 Å². The molecule has 1 saturated heterocycles. The molecule has 0 bridgehead atoms. The zero-order valence-corrected chi connectivity index (χ0v) is 16.4. The Hall–Kier alpha value is -3.02. The van der Waals surface area contributed by atoms with Gasteiger partial charge in [-0.1, -0.05) is 29.8 Å². The van der Waals surface area contributed by atoms with E-state index in [1.54, 1.807) is 15.9 Å². The summed E-state index contributed by atoms with van der Waals surface area (Å²) in [4.78, 5) is 28.6. The first-order chi connectivity index (χ1) is 13.6. The SMILES string of the molecule is CCOc1ccccc1OCC(=O)N1CCN(C(=O)c2ccc(C)cc2)CC1. The van der Waals surface area contributed by atoms with Crippen molar-refractivity contribution in [2.45, 2.75) is 13.8 Å². The van der Waals surface area contributed by atoms with Gasteiger partial charge in [-0.25, -0.2) is 0 Å². The lowest BCUT2D eigenvalue weighted by molar-refractivity contribution is -0.134. The predicted molar refractivity (Wildman–Crippen MR) is 107 cm³/mol. The second-order valence-electron chi connectivity index (χ2n) is 6.71. The standard InChI is InChI=1S/C22H26N2O4/c1-3-27-19-6-4-5-7-20(19)28-16-21(25)23-12-14-24(15-13-23)22(26)18-10-8-17(2)9-11-18/h4-11H,3,12-16H2,1-2H3. The molecule has 0 radical (unpaired) electrons. The molecule has 1 fully saturated rings. The fourth-order valence-electron chi connectivity index (χ4n) is 3.11. The van der Waals surface area contributed by atoms with Gasteiger partial charge in [-0.05, 0) is 38.1 Å². The van der Waals surface area contributed by atoms with Crippen molar-refractivity contribution in [2.75, 3.05) is 39.4 Å². The molecule has 0 unspecified atom stereocenters. The third kappa shape index (κ3) is 4.82. The van der Waals surface area contributed by atoms with E-state index < -0.39 is 0 Å². The van der Waals surface area contributed by atoms with Crippen molar-refractivity contribution in [1.29, 1.82) is 0 Å². The van der Waals surface area contributed by atoms with Gasteiger partial charge in [0.1, 0.15) is 0 Å². The van der Waals surface area contributed by atoms with Gasteiger partial charge < -0.3 is 19.3 Å². The second-order valence-corrected chi connectivity index (χ2v) is 6.71. The summed E-state index contributed by atoms with van der Waals surface area (Å²) >= 11 is 0. The highest BCUT2D eigenvalue weighted by Gasteiger charge is 2.25. The summed E-state index contributed by atoms with van der Waals surface area (Å²) in [6, 6.07) is 14.9. The highest BCUT2D eigenvalue weighted by Crippen LogP contribution is 2.26. The molecule has 1 heterocycles. The summed E-state index contributed by atoms with van der Waals surface area (Å²) in [6.07, 6.45) is 0. The van der Waals surface area contributed by atoms with Gasteiger partial charge in [-0.3, -0.25) is 9.59 Å². The van der Waals surface area contributed by atoms with Crippen LogP contribution in [0.5, 0.6) is 11.5 Å². The molecule has 0 aliphatic carbocycles. The summed E-state index contributed by atoms with van der Waals surface area (Å²) in [5.41, 5.74) is 1.80. The fourth-order valence-corrected chi connectivity index (χ4v) is 3.11. The van der Waals surface area contributed by atoms with Crippen LogP contribution in [-0.2, 0) is 4.79 Å². The number of para-hydroxylation sites is 2. The first-order valence-corrected chi connectivity index (χ1v) is 9.57. The predicted octanol–water partition coefficient (Wildman–Crippen LogP) is 2.76. The van der Waals surface area contributed by atoms with Crippen LogP contribution in [0.4, 0.5) is 0 Å². The van der Waals surface area contributed by atoms with Gasteiger partial charge in [0.05, 0.1) is 6.61 Å². The maximum Gasteiger partial charge on any atom is 0.260 e. The molecular formula is C22H26N2O4. The van der Waals surface area contributed by atoms with Gasteiger partial charge in [0.2, 0.25) is 0 Å². The van der Waals surface area contributed by atoms with E-state index in [9.17, 15) is 9.59 Å². The third-order valence-corrected chi connectivity index (χ3v) is 4.72. The van der Waals surface area contributed by atoms with E-state index in [4.69, 9.17) is 9.47 Å². The van der Waals surface area contributed by atoms with Crippen LogP contribution >= 0.6 is 0 Å². The van der Waals surface area contributed by atoms with E-state index in [0.717, 1.165) is 5.56 Å². The van der Waals surface area contributed by atoms with E-state index in [1.165, 1.54) is 0 Å². The van der Waals surface area contributed by atoms with Crippen LogP contribution in [0.25, 0.3) is 0 Å². The third-order valence-electron chi connectivity index (χ3n) is 4.72. The molecule has 0 aromatic heterocycles. The summed E-state index contributed by atoms with van der Waals surface area (Å²) in [5.74, 6) is 1.11. The number of amides is 2. The topological polar surface area (TPSA) is 59.1 Å². The van der Waals surface area contributed by atoms with Crippen LogP contribution in [0.3, 0.4) is 0 Å². The monoisotopic (exact) mass is 382 g/mol. The molecule has 3 rings (SSSR count). The van der Waals surface area contributed by atoms with E-state index >= 15 is 0 Å². The van der Waals surface area contributed by atoms with Crippen molar-refractivity contribution in [3.8, 4) is 11.5 Å². The Balaban J connectivity index is 1.50. The molecule has 0 saturated carbocycles. The molecule has 0 atom stereocenters. The Labute approximate surface area is 165 Å². The van der Waals surface area contributed by atoms with Crippen molar-refractivity contribution < 1.29 is 19.1 Å². The molecule has 2 aromatic carbocycles. The van der Waals surface area contributed by atoms with Crippen molar-refractivity contribution >= 4 is 11.8 Å². The number of benzene rings is 2. The molecule has 2 aromatic rings. The van der Waals surface area contributed by atoms with Crippen molar-refractivity contribution in [2.24, 2.45) is 0 Å². The highest BCUT2D eigenvalue weighted by molar-refractivity contribution is 5.94. The number of rotatable bonds is 6. The molecule has 1 aliphatic rings. The quantitative estimate of drug-likeness (QED) is 0.771. The molecule has 0 spiro atoms. The number of aryl methyl sites for hydroxylation is 1. The first-order valence-electron chi connectivity index (χ1n) is 9.57. The minimum Gasteiger partial charge on any atom is -0.490 e. The Morgan fingerprint density at radius 2 is 1.43 bits per heavy atom. The summed E-state index contributed by atoms with van der Waals surface area (Å²) in [6.45, 7) is 6.44. The van der Waals surface area contributed by atoms with Crippen LogP contribution in [0.2, 0.25) is 0 Å². The van der Waals surface area contributed by atoms with E-state index in [0.29, 0.717) is 49.8 Å². The zero-order valence-electron chi connectivity index (χ0n) is 16.4. The number of nitrogens with zero attached hydrogens (tertiary/aromatic N) is 2. The fraction of sp³-hybridized carbons (Fsp3) is 0.364. The summed E-state index contributed by atoms with van der Waals surface area (Å²) in [5, 5.41) is 0. The maximum absolute atomic E-state index is 12.6. The average molecular weight is 382 g/mol. The average Bonchev–Trinajstić information content (AvgIpc) is 2.73. The van der Waals surface area contributed by atoms with Gasteiger partial charge in [-0.2, -0.15) is 0 Å². The number of hydrogen-bond donors (Lipinski definition) is 0. The second kappa shape index (κ2) is 9.26. The first kappa shape index (κ1) is 19.7. The smallest absolute Gasteiger partial charge is 0.260 e. The Bertz CT molecular complexity index is 812. The molecule has 6 heteroatoms. The Morgan fingerprint density at radius 1 is 0.857 bits per heavy atom. The van der Waals surface area contributed by atoms with E-state index in [2.05, 4.69) is 0 Å². The minimum atomic E-state index is -0.0891. The van der Waals surface area contributed by atoms with Gasteiger partial charge in [0, 0.05) is 31.7 Å². The van der Waals surface area contributed by atoms with Crippen LogP contribution in [0, 0.1) is 6.92 Å². The minimum absolute atomic E-state index is 0.00832. The molecule has 148 valence electrons. The number of ether oxygens (including phenoxy) is 2. The van der Waals surface area contributed by atoms with Crippen LogP contribution in [0.1, 0.15) is 22.8 Å².